The molecule has 0 bridgehead atoms. The average molecular weight is 177 g/mol. The van der Waals surface area contributed by atoms with Gasteiger partial charge in [0.25, 0.3) is 5.91 Å². The molecule has 0 saturated heterocycles. The zero-order valence-corrected chi connectivity index (χ0v) is 7.91. The largest absolute Gasteiger partial charge is 0.348 e. The fourth-order valence-corrected chi connectivity index (χ4v) is 0.510. The number of hydrogen-bond acceptors (Lipinski definition) is 2. The van der Waals surface area contributed by atoms with Gasteiger partial charge < -0.3 is 11.1 Å². The van der Waals surface area contributed by atoms with E-state index >= 15 is 0 Å². The Bertz CT molecular complexity index is 170. The summed E-state index contributed by atoms with van der Waals surface area (Å²) in [5.41, 5.74) is 3.39. The molecule has 0 saturated carbocycles. The maximum Gasteiger partial charge on any atom is 0.278 e. The van der Waals surface area contributed by atoms with Crippen molar-refractivity contribution in [2.75, 3.05) is 0 Å². The number of quaternary nitrogens is 1. The van der Waals surface area contributed by atoms with E-state index in [1.165, 1.54) is 0 Å². The van der Waals surface area contributed by atoms with E-state index in [9.17, 15) is 9.59 Å². The lowest BCUT2D eigenvalue weighted by atomic mass is 10.3. The molecule has 4 nitrogen and oxygen atoms in total. The lowest BCUT2D eigenvalue weighted by molar-refractivity contribution is -0.398. The van der Waals surface area contributed by atoms with Crippen molar-refractivity contribution in [2.45, 2.75) is 25.9 Å². The van der Waals surface area contributed by atoms with Gasteiger partial charge in [0.05, 0.1) is 6.04 Å². The van der Waals surface area contributed by atoms with E-state index in [0.29, 0.717) is 0 Å². The summed E-state index contributed by atoms with van der Waals surface area (Å²) in [5, 5.41) is 2.51. The first kappa shape index (κ1) is 10.5. The van der Waals surface area contributed by atoms with Gasteiger partial charge in [-0.05, 0) is 13.8 Å². The first-order valence-corrected chi connectivity index (χ1v) is 3.95. The summed E-state index contributed by atoms with van der Waals surface area (Å²) >= 11 is 0. The number of carbonyl (C=O) groups is 2. The summed E-state index contributed by atoms with van der Waals surface area (Å²) in [7, 11) is 2.02. The van der Waals surface area contributed by atoms with E-state index in [0.717, 1.165) is 0 Å². The Morgan fingerprint density at radius 3 is 2.18 bits per heavy atom. The summed E-state index contributed by atoms with van der Waals surface area (Å²) < 4.78 is 0. The van der Waals surface area contributed by atoms with Crippen LogP contribution >= 0.6 is 9.24 Å². The van der Waals surface area contributed by atoms with E-state index in [-0.39, 0.29) is 17.5 Å². The normalized spacial score (nSPS) is 15.3. The molecule has 0 spiro atoms. The summed E-state index contributed by atoms with van der Waals surface area (Å²) in [5.74, 6) is -0.201. The average Bonchev–Trinajstić information content (AvgIpc) is 1.87. The van der Waals surface area contributed by atoms with Gasteiger partial charge in [-0.3, -0.25) is 9.59 Å². The van der Waals surface area contributed by atoms with Gasteiger partial charge in [-0.25, -0.2) is 0 Å². The van der Waals surface area contributed by atoms with E-state index in [2.05, 4.69) is 11.1 Å². The Kier molecular flexibility index (Phi) is 4.23. The number of nitrogens with one attached hydrogen (secondary N) is 1. The quantitative estimate of drug-likeness (QED) is 0.516. The van der Waals surface area contributed by atoms with Crippen molar-refractivity contribution >= 4 is 20.7 Å². The van der Waals surface area contributed by atoms with Crippen molar-refractivity contribution in [1.82, 2.24) is 5.32 Å². The highest BCUT2D eigenvalue weighted by Gasteiger charge is 2.15. The molecule has 0 rings (SSSR count). The molecule has 3 atom stereocenters. The summed E-state index contributed by atoms with van der Waals surface area (Å²) in [6.45, 7) is 3.31. The molecule has 0 aromatic rings. The zero-order chi connectivity index (χ0) is 9.02. The lowest BCUT2D eigenvalue weighted by Gasteiger charge is -2.10. The SMILES string of the molecule is CC([NH3+])C(=O)NC(C)C(=O)P. The molecule has 0 fully saturated rings. The molecule has 3 unspecified atom stereocenters. The topological polar surface area (TPSA) is 73.8 Å². The van der Waals surface area contributed by atoms with Crippen molar-refractivity contribution in [3.63, 3.8) is 0 Å². The molecule has 0 radical (unpaired) electrons. The molecule has 0 heterocycles. The highest BCUT2D eigenvalue weighted by Crippen LogP contribution is 1.92. The van der Waals surface area contributed by atoms with Gasteiger partial charge in [0, 0.05) is 0 Å². The van der Waals surface area contributed by atoms with Crippen molar-refractivity contribution < 1.29 is 15.3 Å². The Hall–Kier alpha value is -0.470. The fraction of sp³-hybridized carbons (Fsp3) is 0.667. The number of carbonyl (C=O) groups excluding carboxylic acids is 2. The highest BCUT2D eigenvalue weighted by atomic mass is 31.0. The molecule has 0 aromatic heterocycles. The molecule has 0 aromatic carbocycles. The molecular weight excluding hydrogens is 163 g/mol. The van der Waals surface area contributed by atoms with Crippen molar-refractivity contribution in [1.29, 1.82) is 0 Å². The first-order chi connectivity index (χ1) is 4.95. The third-order valence-electron chi connectivity index (χ3n) is 1.23. The molecule has 1 amide bonds. The molecule has 0 aliphatic heterocycles. The molecule has 64 valence electrons. The van der Waals surface area contributed by atoms with E-state index < -0.39 is 6.04 Å². The smallest absolute Gasteiger partial charge is 0.278 e. The predicted molar refractivity (Wildman–Crippen MR) is 44.7 cm³/mol. The van der Waals surface area contributed by atoms with Gasteiger partial charge in [0.1, 0.15) is 0 Å². The minimum Gasteiger partial charge on any atom is -0.348 e. The Morgan fingerprint density at radius 1 is 1.45 bits per heavy atom. The Labute approximate surface area is 68.1 Å². The Morgan fingerprint density at radius 2 is 1.91 bits per heavy atom. The summed E-state index contributed by atoms with van der Waals surface area (Å²) in [6, 6.07) is -0.751. The van der Waals surface area contributed by atoms with Crippen LogP contribution in [-0.2, 0) is 9.59 Å². The molecule has 4 N–H and O–H groups in total. The molecule has 0 aliphatic rings. The number of rotatable bonds is 3. The van der Waals surface area contributed by atoms with Crippen molar-refractivity contribution in [3.8, 4) is 0 Å². The molecule has 5 heteroatoms. The Balaban J connectivity index is 3.85. The van der Waals surface area contributed by atoms with Crippen LogP contribution in [0.5, 0.6) is 0 Å². The lowest BCUT2D eigenvalue weighted by Crippen LogP contribution is -2.66. The molecule has 0 aliphatic carbocycles. The third-order valence-corrected chi connectivity index (χ3v) is 1.73. The van der Waals surface area contributed by atoms with Gasteiger partial charge in [-0.1, -0.05) is 9.24 Å². The third kappa shape index (κ3) is 4.06. The van der Waals surface area contributed by atoms with Crippen LogP contribution in [0.3, 0.4) is 0 Å². The van der Waals surface area contributed by atoms with Gasteiger partial charge in [0.15, 0.2) is 11.6 Å². The number of hydrogen-bond donors (Lipinski definition) is 2. The summed E-state index contributed by atoms with van der Waals surface area (Å²) in [4.78, 5) is 21.6. The van der Waals surface area contributed by atoms with Gasteiger partial charge in [0.2, 0.25) is 0 Å². The van der Waals surface area contributed by atoms with Crippen LogP contribution in [0.1, 0.15) is 13.8 Å². The van der Waals surface area contributed by atoms with Crippen LogP contribution in [0.2, 0.25) is 0 Å². The standard InChI is InChI=1S/C6H13N2O2P/c1-3(7)5(9)8-4(2)6(10)11/h3-4H,7,11H2,1-2H3,(H,8,9)/p+1. The minimum atomic E-state index is -0.434. The first-order valence-electron chi connectivity index (χ1n) is 3.38. The van der Waals surface area contributed by atoms with Crippen LogP contribution in [0.15, 0.2) is 0 Å². The van der Waals surface area contributed by atoms with Gasteiger partial charge >= 0.3 is 0 Å². The second kappa shape index (κ2) is 4.42. The van der Waals surface area contributed by atoms with Crippen molar-refractivity contribution in [3.05, 3.63) is 0 Å². The maximum absolute atomic E-state index is 10.9. The molecule has 11 heavy (non-hydrogen) atoms. The van der Waals surface area contributed by atoms with Crippen LogP contribution in [0, 0.1) is 0 Å². The van der Waals surface area contributed by atoms with Crippen LogP contribution in [-0.4, -0.2) is 23.5 Å². The predicted octanol–water partition coefficient (Wildman–Crippen LogP) is -1.48. The maximum atomic E-state index is 10.9. The summed E-state index contributed by atoms with van der Waals surface area (Å²) in [6.07, 6.45) is 0. The molecular formula is C6H14N2O2P+. The minimum absolute atomic E-state index is 0.126. The fourth-order valence-electron chi connectivity index (χ4n) is 0.427. The van der Waals surface area contributed by atoms with Gasteiger partial charge in [-0.2, -0.15) is 0 Å². The van der Waals surface area contributed by atoms with E-state index in [1.54, 1.807) is 13.8 Å². The van der Waals surface area contributed by atoms with E-state index in [1.807, 2.05) is 9.24 Å². The van der Waals surface area contributed by atoms with E-state index in [4.69, 9.17) is 0 Å². The highest BCUT2D eigenvalue weighted by molar-refractivity contribution is 7.40. The van der Waals surface area contributed by atoms with Crippen LogP contribution < -0.4 is 11.1 Å². The second-order valence-corrected chi connectivity index (χ2v) is 3.10. The zero-order valence-electron chi connectivity index (χ0n) is 6.76. The second-order valence-electron chi connectivity index (χ2n) is 2.53. The van der Waals surface area contributed by atoms with Crippen LogP contribution in [0.25, 0.3) is 0 Å². The monoisotopic (exact) mass is 177 g/mol. The number of amides is 1. The van der Waals surface area contributed by atoms with Crippen LogP contribution in [0.4, 0.5) is 0 Å². The van der Waals surface area contributed by atoms with Gasteiger partial charge in [-0.15, -0.1) is 0 Å². The van der Waals surface area contributed by atoms with Crippen molar-refractivity contribution in [2.24, 2.45) is 0 Å².